The van der Waals surface area contributed by atoms with Crippen LogP contribution in [0.1, 0.15) is 59.6 Å². The third kappa shape index (κ3) is 9.14. The van der Waals surface area contributed by atoms with Crippen molar-refractivity contribution in [3.05, 3.63) is 93.7 Å². The molecule has 5 nitrogen and oxygen atoms in total. The van der Waals surface area contributed by atoms with Crippen molar-refractivity contribution in [1.29, 1.82) is 0 Å². The van der Waals surface area contributed by atoms with Gasteiger partial charge in [-0.3, -0.25) is 4.79 Å². The van der Waals surface area contributed by atoms with Gasteiger partial charge in [0.25, 0.3) is 0 Å². The Morgan fingerprint density at radius 3 is 2.06 bits per heavy atom. The number of likely N-dealkylation sites (N-methyl/N-ethyl adjacent to an activating group) is 1. The van der Waals surface area contributed by atoms with Crippen molar-refractivity contribution in [2.24, 2.45) is 0 Å². The monoisotopic (exact) mass is 511 g/mol. The molecule has 0 saturated carbocycles. The normalized spacial score (nSPS) is 13.7. The van der Waals surface area contributed by atoms with Gasteiger partial charge in [-0.15, -0.1) is 0 Å². The zero-order valence-corrected chi connectivity index (χ0v) is 23.3. The second kappa shape index (κ2) is 14.4. The summed E-state index contributed by atoms with van der Waals surface area (Å²) in [6.07, 6.45) is 3.18. The van der Waals surface area contributed by atoms with Gasteiger partial charge < -0.3 is 14.7 Å². The second-order valence-corrected chi connectivity index (χ2v) is 9.42. The van der Waals surface area contributed by atoms with Crippen molar-refractivity contribution in [2.45, 2.75) is 60.2 Å². The average molecular weight is 512 g/mol. The van der Waals surface area contributed by atoms with E-state index >= 15 is 0 Å². The molecule has 0 heterocycles. The predicted molar refractivity (Wildman–Crippen MR) is 150 cm³/mol. The highest BCUT2D eigenvalue weighted by Gasteiger charge is 2.34. The molecule has 2 rings (SSSR count). The van der Waals surface area contributed by atoms with Gasteiger partial charge in [-0.25, -0.2) is 4.79 Å². The van der Waals surface area contributed by atoms with Crippen LogP contribution < -0.4 is 0 Å². The molecule has 0 aliphatic carbocycles. The van der Waals surface area contributed by atoms with Gasteiger partial charge in [0, 0.05) is 17.6 Å². The number of carbonyl (C=O) groups is 2. The van der Waals surface area contributed by atoms with Gasteiger partial charge in [0.1, 0.15) is 0 Å². The zero-order chi connectivity index (χ0) is 27.5. The molecule has 1 unspecified atom stereocenters. The number of aliphatic carboxylic acids is 1. The lowest BCUT2D eigenvalue weighted by Gasteiger charge is -2.31. The summed E-state index contributed by atoms with van der Waals surface area (Å²) >= 11 is 6.12. The second-order valence-electron chi connectivity index (χ2n) is 8.98. The topological polar surface area (TPSA) is 66.8 Å². The molecule has 0 aliphatic rings. The summed E-state index contributed by atoms with van der Waals surface area (Å²) in [5, 5.41) is 10.7. The number of allylic oxidation sites excluding steroid dienone is 4. The van der Waals surface area contributed by atoms with Crippen molar-refractivity contribution in [1.82, 2.24) is 4.90 Å². The molecule has 1 N–H and O–H groups in total. The number of nitrogens with zero attached hydrogens (tertiary/aromatic N) is 1. The summed E-state index contributed by atoms with van der Waals surface area (Å²) in [6, 6.07) is 17.0. The first-order chi connectivity index (χ1) is 16.9. The molecule has 194 valence electrons. The molecule has 2 aromatic rings. The van der Waals surface area contributed by atoms with Crippen molar-refractivity contribution in [2.75, 3.05) is 7.05 Å². The highest BCUT2D eigenvalue weighted by Crippen LogP contribution is 2.34. The first-order valence-corrected chi connectivity index (χ1v) is 12.3. The predicted octanol–water partition coefficient (Wildman–Crippen LogP) is 7.48. The van der Waals surface area contributed by atoms with E-state index in [0.717, 1.165) is 22.3 Å². The smallest absolute Gasteiger partial charge is 0.339 e. The maximum absolute atomic E-state index is 12.4. The van der Waals surface area contributed by atoms with E-state index in [1.807, 2.05) is 82.3 Å². The molecule has 0 aliphatic heterocycles. The molecule has 0 bridgehead atoms. The molecular weight excluding hydrogens is 474 g/mol. The minimum absolute atomic E-state index is 0.240. The van der Waals surface area contributed by atoms with Crippen molar-refractivity contribution in [3.63, 3.8) is 0 Å². The number of ether oxygens (including phenoxy) is 1. The number of rotatable bonds is 9. The highest BCUT2D eigenvalue weighted by atomic mass is 35.5. The van der Waals surface area contributed by atoms with Crippen LogP contribution in [0.5, 0.6) is 0 Å². The number of benzene rings is 2. The Hall–Kier alpha value is -3.15. The maximum atomic E-state index is 12.4. The molecule has 0 aromatic heterocycles. The lowest BCUT2D eigenvalue weighted by molar-refractivity contribution is -0.157. The van der Waals surface area contributed by atoms with E-state index in [4.69, 9.17) is 16.3 Å². The van der Waals surface area contributed by atoms with E-state index in [-0.39, 0.29) is 5.70 Å². The number of amides is 1. The molecule has 1 atom stereocenters. The maximum Gasteiger partial charge on any atom is 0.339 e. The molecule has 0 spiro atoms. The minimum atomic E-state index is -1.37. The van der Waals surface area contributed by atoms with Crippen molar-refractivity contribution in [3.8, 4) is 0 Å². The Labute approximate surface area is 220 Å². The molecule has 1 amide bonds. The van der Waals surface area contributed by atoms with Gasteiger partial charge in [-0.05, 0) is 69.0 Å². The van der Waals surface area contributed by atoms with Gasteiger partial charge in [0.15, 0.2) is 6.10 Å². The summed E-state index contributed by atoms with van der Waals surface area (Å²) in [5.74, 6) is -1.18. The van der Waals surface area contributed by atoms with Crippen LogP contribution in [0.2, 0.25) is 5.02 Å². The molecular formula is C30H38ClNO4. The summed E-state index contributed by atoms with van der Waals surface area (Å²) < 4.78 is 5.95. The van der Waals surface area contributed by atoms with Gasteiger partial charge in [-0.1, -0.05) is 80.1 Å². The van der Waals surface area contributed by atoms with Crippen LogP contribution in [0.25, 0.3) is 11.6 Å². The molecule has 0 saturated heterocycles. The van der Waals surface area contributed by atoms with E-state index in [1.54, 1.807) is 32.9 Å². The van der Waals surface area contributed by atoms with Gasteiger partial charge >= 0.3 is 5.97 Å². The fraction of sp³-hybridized carbons (Fsp3) is 0.333. The fourth-order valence-electron chi connectivity index (χ4n) is 3.41. The quantitative estimate of drug-likeness (QED) is 0.280. The number of carboxylic acids is 1. The molecule has 2 aromatic carbocycles. The van der Waals surface area contributed by atoms with Crippen LogP contribution in [0.15, 0.2) is 77.5 Å². The SMILES string of the molecule is CC.CC(/C=C/c1ccccc1)=C(C)\C(=C(\C(OC(C)(C)C)C(=O)O)N(C)C=O)c1ccc(Cl)cc1. The Morgan fingerprint density at radius 2 is 1.58 bits per heavy atom. The molecule has 36 heavy (non-hydrogen) atoms. The van der Waals surface area contributed by atoms with E-state index in [0.29, 0.717) is 17.0 Å². The standard InChI is InChI=1S/C28H32ClNO4.C2H6/c1-19(12-13-21-10-8-7-9-11-21)20(2)24(22-14-16-23(29)17-15-22)25(30(6)18-31)26(27(32)33)34-28(3,4)5;1-2/h7-18,26H,1-6H3,(H,32,33);1-2H3/b13-12+,20-19+,25-24+;. The summed E-state index contributed by atoms with van der Waals surface area (Å²) in [7, 11) is 1.53. The molecule has 6 heteroatoms. The van der Waals surface area contributed by atoms with Gasteiger partial charge in [-0.2, -0.15) is 0 Å². The molecule has 0 radical (unpaired) electrons. The first kappa shape index (κ1) is 30.9. The van der Waals surface area contributed by atoms with Crippen LogP contribution in [0.4, 0.5) is 0 Å². The van der Waals surface area contributed by atoms with Crippen LogP contribution in [0, 0.1) is 0 Å². The largest absolute Gasteiger partial charge is 0.479 e. The third-order valence-electron chi connectivity index (χ3n) is 5.16. The number of hydrogen-bond acceptors (Lipinski definition) is 3. The Morgan fingerprint density at radius 1 is 1.03 bits per heavy atom. The summed E-state index contributed by atoms with van der Waals surface area (Å²) in [4.78, 5) is 25.6. The lowest BCUT2D eigenvalue weighted by atomic mass is 9.90. The Bertz CT molecular complexity index is 1090. The van der Waals surface area contributed by atoms with Gasteiger partial charge in [0.05, 0.1) is 11.3 Å². The van der Waals surface area contributed by atoms with E-state index in [9.17, 15) is 14.7 Å². The Balaban J connectivity index is 0.00000316. The van der Waals surface area contributed by atoms with Crippen molar-refractivity contribution >= 4 is 35.6 Å². The Kier molecular flexibility index (Phi) is 12.4. The summed E-state index contributed by atoms with van der Waals surface area (Å²) in [6.45, 7) is 13.2. The number of hydrogen-bond donors (Lipinski definition) is 1. The number of halogens is 1. The van der Waals surface area contributed by atoms with Crippen LogP contribution >= 0.6 is 11.6 Å². The minimum Gasteiger partial charge on any atom is -0.479 e. The van der Waals surface area contributed by atoms with Crippen molar-refractivity contribution < 1.29 is 19.4 Å². The number of carboxylic acid groups (broad SMARTS) is 1. The highest BCUT2D eigenvalue weighted by molar-refractivity contribution is 6.30. The first-order valence-electron chi connectivity index (χ1n) is 11.9. The van der Waals surface area contributed by atoms with Gasteiger partial charge in [0.2, 0.25) is 6.41 Å². The summed E-state index contributed by atoms with van der Waals surface area (Å²) in [5.41, 5.74) is 3.55. The van der Waals surface area contributed by atoms with Crippen LogP contribution in [-0.2, 0) is 14.3 Å². The third-order valence-corrected chi connectivity index (χ3v) is 5.42. The van der Waals surface area contributed by atoms with E-state index in [2.05, 4.69) is 0 Å². The molecule has 0 fully saturated rings. The van der Waals surface area contributed by atoms with Crippen LogP contribution in [-0.4, -0.2) is 41.1 Å². The average Bonchev–Trinajstić information content (AvgIpc) is 2.85. The fourth-order valence-corrected chi connectivity index (χ4v) is 3.53. The zero-order valence-electron chi connectivity index (χ0n) is 22.5. The van der Waals surface area contributed by atoms with Crippen LogP contribution in [0.3, 0.4) is 0 Å². The van der Waals surface area contributed by atoms with E-state index in [1.165, 1.54) is 11.9 Å². The number of carbonyl (C=O) groups excluding carboxylic acids is 1. The lowest BCUT2D eigenvalue weighted by Crippen LogP contribution is -2.40. The van der Waals surface area contributed by atoms with E-state index < -0.39 is 17.7 Å².